The molecule has 1 aromatic rings. The predicted octanol–water partition coefficient (Wildman–Crippen LogP) is 3.67. The summed E-state index contributed by atoms with van der Waals surface area (Å²) in [5.74, 6) is 0.519. The summed E-state index contributed by atoms with van der Waals surface area (Å²) in [4.78, 5) is 3.87. The molecule has 1 N–H and O–H groups in total. The summed E-state index contributed by atoms with van der Waals surface area (Å²) in [6, 6.07) is 2.06. The highest BCUT2D eigenvalue weighted by Crippen LogP contribution is 2.25. The van der Waals surface area contributed by atoms with Crippen molar-refractivity contribution in [2.45, 2.75) is 58.0 Å². The van der Waals surface area contributed by atoms with Crippen molar-refractivity contribution in [1.82, 2.24) is 10.3 Å². The van der Waals surface area contributed by atoms with Crippen LogP contribution in [0.2, 0.25) is 0 Å². The van der Waals surface area contributed by atoms with Gasteiger partial charge in [-0.2, -0.15) is 0 Å². The first-order valence-corrected chi connectivity index (χ1v) is 7.08. The van der Waals surface area contributed by atoms with Gasteiger partial charge in [0.15, 0.2) is 0 Å². The quantitative estimate of drug-likeness (QED) is 0.825. The van der Waals surface area contributed by atoms with Gasteiger partial charge in [0, 0.05) is 18.8 Å². The second kappa shape index (κ2) is 6.83. The third kappa shape index (κ3) is 4.05. The zero-order chi connectivity index (χ0) is 12.8. The number of rotatable bonds is 4. The van der Waals surface area contributed by atoms with Crippen molar-refractivity contribution < 1.29 is 4.39 Å². The first-order chi connectivity index (χ1) is 8.75. The molecule has 1 fully saturated rings. The standard InChI is InChI=1S/C15H23FN2/c1-12(14-6-4-2-3-5-7-14)18-10-13-8-15(16)11-17-9-13/h8-9,11-12,14,18H,2-7,10H2,1H3/t12-/m1/s1. The predicted molar refractivity (Wildman–Crippen MR) is 71.7 cm³/mol. The largest absolute Gasteiger partial charge is 0.310 e. The maximum Gasteiger partial charge on any atom is 0.141 e. The van der Waals surface area contributed by atoms with E-state index < -0.39 is 0 Å². The summed E-state index contributed by atoms with van der Waals surface area (Å²) in [7, 11) is 0. The minimum Gasteiger partial charge on any atom is -0.310 e. The van der Waals surface area contributed by atoms with Crippen molar-refractivity contribution in [2.75, 3.05) is 0 Å². The molecule has 18 heavy (non-hydrogen) atoms. The van der Waals surface area contributed by atoms with E-state index in [9.17, 15) is 4.39 Å². The fourth-order valence-electron chi connectivity index (χ4n) is 2.81. The first-order valence-electron chi connectivity index (χ1n) is 7.08. The Morgan fingerprint density at radius 3 is 2.67 bits per heavy atom. The molecular formula is C15H23FN2. The van der Waals surface area contributed by atoms with Crippen molar-refractivity contribution in [1.29, 1.82) is 0 Å². The molecule has 1 aromatic heterocycles. The fourth-order valence-corrected chi connectivity index (χ4v) is 2.81. The molecule has 0 amide bonds. The number of hydrogen-bond acceptors (Lipinski definition) is 2. The summed E-state index contributed by atoms with van der Waals surface area (Å²) in [6.45, 7) is 2.96. The monoisotopic (exact) mass is 250 g/mol. The lowest BCUT2D eigenvalue weighted by Crippen LogP contribution is -2.33. The first kappa shape index (κ1) is 13.5. The van der Waals surface area contributed by atoms with Gasteiger partial charge in [0.25, 0.3) is 0 Å². The molecule has 2 nitrogen and oxygen atoms in total. The second-order valence-corrected chi connectivity index (χ2v) is 5.43. The summed E-state index contributed by atoms with van der Waals surface area (Å²) in [5.41, 5.74) is 0.926. The zero-order valence-electron chi connectivity index (χ0n) is 11.2. The fraction of sp³-hybridized carbons (Fsp3) is 0.667. The Kier molecular flexibility index (Phi) is 5.12. The molecule has 0 radical (unpaired) electrons. The van der Waals surface area contributed by atoms with E-state index in [1.807, 2.05) is 0 Å². The minimum atomic E-state index is -0.253. The summed E-state index contributed by atoms with van der Waals surface area (Å²) < 4.78 is 13.0. The Labute approximate surface area is 109 Å². The zero-order valence-corrected chi connectivity index (χ0v) is 11.2. The van der Waals surface area contributed by atoms with E-state index in [0.717, 1.165) is 11.5 Å². The third-order valence-electron chi connectivity index (χ3n) is 4.00. The summed E-state index contributed by atoms with van der Waals surface area (Å²) in [5, 5.41) is 3.52. The smallest absolute Gasteiger partial charge is 0.141 e. The van der Waals surface area contributed by atoms with Crippen LogP contribution in [0.5, 0.6) is 0 Å². The van der Waals surface area contributed by atoms with E-state index in [4.69, 9.17) is 0 Å². The number of hydrogen-bond donors (Lipinski definition) is 1. The lowest BCUT2D eigenvalue weighted by molar-refractivity contribution is 0.336. The van der Waals surface area contributed by atoms with Gasteiger partial charge in [0.1, 0.15) is 5.82 Å². The van der Waals surface area contributed by atoms with E-state index in [0.29, 0.717) is 12.6 Å². The molecule has 1 aliphatic rings. The molecular weight excluding hydrogens is 227 g/mol. The Bertz CT molecular complexity index is 359. The Hall–Kier alpha value is -0.960. The van der Waals surface area contributed by atoms with Gasteiger partial charge < -0.3 is 5.32 Å². The van der Waals surface area contributed by atoms with E-state index in [1.165, 1.54) is 44.7 Å². The van der Waals surface area contributed by atoms with Crippen LogP contribution in [0.3, 0.4) is 0 Å². The number of aromatic nitrogens is 1. The molecule has 0 spiro atoms. The Balaban J connectivity index is 1.81. The van der Waals surface area contributed by atoms with Gasteiger partial charge >= 0.3 is 0 Å². The van der Waals surface area contributed by atoms with Crippen LogP contribution in [0.15, 0.2) is 18.5 Å². The van der Waals surface area contributed by atoms with Crippen LogP contribution in [0.25, 0.3) is 0 Å². The molecule has 1 heterocycles. The van der Waals surface area contributed by atoms with Gasteiger partial charge in [0.2, 0.25) is 0 Å². The second-order valence-electron chi connectivity index (χ2n) is 5.43. The highest BCUT2D eigenvalue weighted by molar-refractivity contribution is 5.09. The molecule has 1 atom stereocenters. The van der Waals surface area contributed by atoms with E-state index >= 15 is 0 Å². The molecule has 0 aromatic carbocycles. The molecule has 0 bridgehead atoms. The van der Waals surface area contributed by atoms with Crippen molar-refractivity contribution in [2.24, 2.45) is 5.92 Å². The lowest BCUT2D eigenvalue weighted by atomic mass is 9.93. The van der Waals surface area contributed by atoms with Gasteiger partial charge in [0.05, 0.1) is 6.20 Å². The van der Waals surface area contributed by atoms with E-state index in [-0.39, 0.29) is 5.82 Å². The summed E-state index contributed by atoms with van der Waals surface area (Å²) >= 11 is 0. The highest BCUT2D eigenvalue weighted by atomic mass is 19.1. The van der Waals surface area contributed by atoms with Gasteiger partial charge in [-0.05, 0) is 37.3 Å². The molecule has 0 saturated heterocycles. The normalized spacial score (nSPS) is 19.4. The molecule has 1 aliphatic carbocycles. The van der Waals surface area contributed by atoms with Crippen molar-refractivity contribution in [3.05, 3.63) is 29.8 Å². The Morgan fingerprint density at radius 2 is 2.00 bits per heavy atom. The van der Waals surface area contributed by atoms with Gasteiger partial charge in [-0.15, -0.1) is 0 Å². The lowest BCUT2D eigenvalue weighted by Gasteiger charge is -2.23. The molecule has 0 unspecified atom stereocenters. The van der Waals surface area contributed by atoms with Crippen LogP contribution >= 0.6 is 0 Å². The van der Waals surface area contributed by atoms with Gasteiger partial charge in [-0.3, -0.25) is 4.98 Å². The number of nitrogens with one attached hydrogen (secondary N) is 1. The maximum atomic E-state index is 13.0. The average molecular weight is 250 g/mol. The average Bonchev–Trinajstić information content (AvgIpc) is 2.65. The molecule has 0 aliphatic heterocycles. The number of nitrogens with zero attached hydrogens (tertiary/aromatic N) is 1. The van der Waals surface area contributed by atoms with Gasteiger partial charge in [-0.1, -0.05) is 25.7 Å². The van der Waals surface area contributed by atoms with Gasteiger partial charge in [-0.25, -0.2) is 4.39 Å². The van der Waals surface area contributed by atoms with Crippen LogP contribution in [0.1, 0.15) is 51.0 Å². The highest BCUT2D eigenvalue weighted by Gasteiger charge is 2.18. The molecule has 3 heteroatoms. The molecule has 2 rings (SSSR count). The van der Waals surface area contributed by atoms with Crippen molar-refractivity contribution in [3.8, 4) is 0 Å². The van der Waals surface area contributed by atoms with Crippen LogP contribution in [0, 0.1) is 11.7 Å². The molecule has 100 valence electrons. The topological polar surface area (TPSA) is 24.9 Å². The van der Waals surface area contributed by atoms with Crippen LogP contribution in [-0.4, -0.2) is 11.0 Å². The van der Waals surface area contributed by atoms with E-state index in [1.54, 1.807) is 12.3 Å². The number of pyridine rings is 1. The minimum absolute atomic E-state index is 0.253. The van der Waals surface area contributed by atoms with E-state index in [2.05, 4.69) is 17.2 Å². The van der Waals surface area contributed by atoms with Crippen molar-refractivity contribution in [3.63, 3.8) is 0 Å². The van der Waals surface area contributed by atoms with Crippen LogP contribution in [0.4, 0.5) is 4.39 Å². The van der Waals surface area contributed by atoms with Crippen LogP contribution < -0.4 is 5.32 Å². The SMILES string of the molecule is C[C@@H](NCc1cncc(F)c1)C1CCCCCC1. The maximum absolute atomic E-state index is 13.0. The molecule has 1 saturated carbocycles. The Morgan fingerprint density at radius 1 is 1.28 bits per heavy atom. The third-order valence-corrected chi connectivity index (χ3v) is 4.00. The van der Waals surface area contributed by atoms with Crippen LogP contribution in [-0.2, 0) is 6.54 Å². The van der Waals surface area contributed by atoms with Crippen molar-refractivity contribution >= 4 is 0 Å². The summed E-state index contributed by atoms with van der Waals surface area (Å²) in [6.07, 6.45) is 11.1. The number of halogens is 1.